The van der Waals surface area contributed by atoms with Crippen molar-refractivity contribution in [3.63, 3.8) is 0 Å². The number of esters is 1. The molecule has 1 aromatic carbocycles. The molecule has 7 nitrogen and oxygen atoms in total. The quantitative estimate of drug-likeness (QED) is 0.532. The van der Waals surface area contributed by atoms with Crippen molar-refractivity contribution in [2.75, 3.05) is 12.4 Å². The van der Waals surface area contributed by atoms with E-state index in [-0.39, 0.29) is 29.9 Å². The largest absolute Gasteiger partial charge is 0.469 e. The second-order valence-corrected chi connectivity index (χ2v) is 5.70. The van der Waals surface area contributed by atoms with Crippen molar-refractivity contribution in [3.05, 3.63) is 29.8 Å². The first kappa shape index (κ1) is 19.6. The van der Waals surface area contributed by atoms with E-state index in [9.17, 15) is 14.4 Å². The van der Waals surface area contributed by atoms with E-state index in [4.69, 9.17) is 12.2 Å². The van der Waals surface area contributed by atoms with Gasteiger partial charge in [0.1, 0.15) is 0 Å². The number of rotatable bonds is 6. The Morgan fingerprint density at radius 3 is 2.54 bits per heavy atom. The van der Waals surface area contributed by atoms with Gasteiger partial charge >= 0.3 is 5.97 Å². The number of methoxy groups -OCH3 is 1. The van der Waals surface area contributed by atoms with Crippen LogP contribution in [0.2, 0.25) is 0 Å². The number of carbonyl (C=O) groups is 3. The lowest BCUT2D eigenvalue weighted by Gasteiger charge is -2.12. The van der Waals surface area contributed by atoms with Crippen molar-refractivity contribution in [3.8, 4) is 0 Å². The third kappa shape index (κ3) is 7.19. The van der Waals surface area contributed by atoms with Gasteiger partial charge in [0.2, 0.25) is 5.91 Å². The molecule has 0 aliphatic rings. The molecule has 0 saturated carbocycles. The Bertz CT molecular complexity index is 632. The number of ether oxygens (including phenoxy) is 1. The predicted molar refractivity (Wildman–Crippen MR) is 94.7 cm³/mol. The van der Waals surface area contributed by atoms with Crippen LogP contribution < -0.4 is 16.0 Å². The highest BCUT2D eigenvalue weighted by molar-refractivity contribution is 7.80. The maximum absolute atomic E-state index is 12.0. The molecule has 0 aliphatic carbocycles. The van der Waals surface area contributed by atoms with Gasteiger partial charge in [0.25, 0.3) is 5.91 Å². The normalized spacial score (nSPS) is 10.0. The maximum Gasteiger partial charge on any atom is 0.306 e. The Labute approximate surface area is 146 Å². The van der Waals surface area contributed by atoms with Crippen molar-refractivity contribution in [1.29, 1.82) is 0 Å². The highest BCUT2D eigenvalue weighted by Gasteiger charge is 2.10. The van der Waals surface area contributed by atoms with E-state index in [0.717, 1.165) is 0 Å². The average molecular weight is 351 g/mol. The number of nitrogens with one attached hydrogen (secondary N) is 3. The monoisotopic (exact) mass is 351 g/mol. The van der Waals surface area contributed by atoms with Crippen LogP contribution in [0, 0.1) is 0 Å². The molecule has 130 valence electrons. The zero-order valence-electron chi connectivity index (χ0n) is 13.8. The summed E-state index contributed by atoms with van der Waals surface area (Å²) in [6, 6.07) is 6.77. The standard InChI is InChI=1S/C16H21N3O4S/c1-10(2)17-15(22)11-5-4-6-12(9-11)18-16(24)19-13(20)7-8-14(21)23-3/h4-6,9-10H,7-8H2,1-3H3,(H,17,22)(H2,18,19,20,24). The second-order valence-electron chi connectivity index (χ2n) is 5.29. The van der Waals surface area contributed by atoms with E-state index >= 15 is 0 Å². The van der Waals surface area contributed by atoms with E-state index in [1.54, 1.807) is 24.3 Å². The highest BCUT2D eigenvalue weighted by atomic mass is 32.1. The summed E-state index contributed by atoms with van der Waals surface area (Å²) in [5.74, 6) is -1.05. The molecule has 0 spiro atoms. The number of hydrogen-bond acceptors (Lipinski definition) is 5. The molecule has 24 heavy (non-hydrogen) atoms. The first-order valence-electron chi connectivity index (χ1n) is 7.40. The van der Waals surface area contributed by atoms with Crippen LogP contribution in [0.15, 0.2) is 24.3 Å². The van der Waals surface area contributed by atoms with Crippen LogP contribution in [0.4, 0.5) is 5.69 Å². The Balaban J connectivity index is 2.56. The van der Waals surface area contributed by atoms with E-state index in [2.05, 4.69) is 20.7 Å². The molecule has 0 atom stereocenters. The summed E-state index contributed by atoms with van der Waals surface area (Å²) in [6.45, 7) is 3.75. The van der Waals surface area contributed by atoms with Gasteiger partial charge in [-0.25, -0.2) is 0 Å². The zero-order valence-corrected chi connectivity index (χ0v) is 14.7. The van der Waals surface area contributed by atoms with E-state index in [0.29, 0.717) is 11.3 Å². The Morgan fingerprint density at radius 2 is 1.92 bits per heavy atom. The lowest BCUT2D eigenvalue weighted by Crippen LogP contribution is -2.34. The van der Waals surface area contributed by atoms with Crippen molar-refractivity contribution >= 4 is 40.8 Å². The summed E-state index contributed by atoms with van der Waals surface area (Å²) in [7, 11) is 1.26. The molecule has 8 heteroatoms. The van der Waals surface area contributed by atoms with E-state index in [1.165, 1.54) is 7.11 Å². The summed E-state index contributed by atoms with van der Waals surface area (Å²) >= 11 is 5.04. The Hall–Kier alpha value is -2.48. The van der Waals surface area contributed by atoms with Gasteiger partial charge in [0.05, 0.1) is 13.5 Å². The van der Waals surface area contributed by atoms with Gasteiger partial charge in [-0.3, -0.25) is 14.4 Å². The summed E-state index contributed by atoms with van der Waals surface area (Å²) in [5.41, 5.74) is 1.05. The van der Waals surface area contributed by atoms with Gasteiger partial charge in [0.15, 0.2) is 5.11 Å². The van der Waals surface area contributed by atoms with Crippen LogP contribution in [0.3, 0.4) is 0 Å². The fourth-order valence-electron chi connectivity index (χ4n) is 1.75. The van der Waals surface area contributed by atoms with Gasteiger partial charge in [-0.05, 0) is 44.3 Å². The molecular formula is C16H21N3O4S. The van der Waals surface area contributed by atoms with E-state index in [1.807, 2.05) is 13.8 Å². The minimum absolute atomic E-state index is 0.0181. The first-order chi connectivity index (χ1) is 11.3. The molecule has 0 heterocycles. The number of carbonyl (C=O) groups excluding carboxylic acids is 3. The van der Waals surface area contributed by atoms with Crippen molar-refractivity contribution in [2.24, 2.45) is 0 Å². The molecule has 0 unspecified atom stereocenters. The molecule has 0 fully saturated rings. The van der Waals surface area contributed by atoms with Gasteiger partial charge in [-0.15, -0.1) is 0 Å². The maximum atomic E-state index is 12.0. The number of hydrogen-bond donors (Lipinski definition) is 3. The zero-order chi connectivity index (χ0) is 18.1. The lowest BCUT2D eigenvalue weighted by atomic mass is 10.2. The van der Waals surface area contributed by atoms with Gasteiger partial charge in [-0.1, -0.05) is 6.07 Å². The number of anilines is 1. The molecule has 0 saturated heterocycles. The molecular weight excluding hydrogens is 330 g/mol. The SMILES string of the molecule is COC(=O)CCC(=O)NC(=S)Nc1cccc(C(=O)NC(C)C)c1. The fraction of sp³-hybridized carbons (Fsp3) is 0.375. The molecule has 0 radical (unpaired) electrons. The molecule has 1 aromatic rings. The molecule has 0 aliphatic heterocycles. The topological polar surface area (TPSA) is 96.5 Å². The summed E-state index contributed by atoms with van der Waals surface area (Å²) in [6.07, 6.45) is -0.0405. The van der Waals surface area contributed by atoms with Gasteiger partial charge in [0, 0.05) is 23.7 Å². The predicted octanol–water partition coefficient (Wildman–Crippen LogP) is 1.59. The molecule has 3 N–H and O–H groups in total. The summed E-state index contributed by atoms with van der Waals surface area (Å²) in [4.78, 5) is 34.6. The van der Waals surface area contributed by atoms with Crippen LogP contribution >= 0.6 is 12.2 Å². The molecule has 2 amide bonds. The fourth-order valence-corrected chi connectivity index (χ4v) is 1.98. The van der Waals surface area contributed by atoms with Crippen LogP contribution in [0.25, 0.3) is 0 Å². The average Bonchev–Trinajstić information content (AvgIpc) is 2.52. The molecule has 1 rings (SSSR count). The second kappa shape index (κ2) is 9.61. The smallest absolute Gasteiger partial charge is 0.306 e. The molecule has 0 aromatic heterocycles. The Kier molecular flexibility index (Phi) is 7.84. The van der Waals surface area contributed by atoms with Crippen LogP contribution in [0.1, 0.15) is 37.0 Å². The number of benzene rings is 1. The number of thiocarbonyl (C=S) groups is 1. The van der Waals surface area contributed by atoms with Crippen molar-refractivity contribution in [1.82, 2.24) is 10.6 Å². The van der Waals surface area contributed by atoms with Crippen LogP contribution in [0.5, 0.6) is 0 Å². The van der Waals surface area contributed by atoms with Gasteiger partial charge in [-0.2, -0.15) is 0 Å². The highest BCUT2D eigenvalue weighted by Crippen LogP contribution is 2.11. The molecule has 0 bridgehead atoms. The summed E-state index contributed by atoms with van der Waals surface area (Å²) < 4.78 is 4.46. The summed E-state index contributed by atoms with van der Waals surface area (Å²) in [5, 5.41) is 8.17. The minimum Gasteiger partial charge on any atom is -0.469 e. The van der Waals surface area contributed by atoms with Crippen molar-refractivity contribution < 1.29 is 19.1 Å². The van der Waals surface area contributed by atoms with Crippen LogP contribution in [-0.2, 0) is 14.3 Å². The van der Waals surface area contributed by atoms with Gasteiger partial charge < -0.3 is 20.7 Å². The van der Waals surface area contributed by atoms with E-state index < -0.39 is 11.9 Å². The third-order valence-corrected chi connectivity index (χ3v) is 3.04. The minimum atomic E-state index is -0.465. The first-order valence-corrected chi connectivity index (χ1v) is 7.81. The Morgan fingerprint density at radius 1 is 1.21 bits per heavy atom. The third-order valence-electron chi connectivity index (χ3n) is 2.84. The van der Waals surface area contributed by atoms with Crippen LogP contribution in [-0.4, -0.2) is 36.0 Å². The number of amides is 2. The van der Waals surface area contributed by atoms with Crippen molar-refractivity contribution in [2.45, 2.75) is 32.7 Å². The lowest BCUT2D eigenvalue weighted by molar-refractivity contribution is -0.142.